The maximum absolute atomic E-state index is 13.9. The Labute approximate surface area is 181 Å². The number of aryl methyl sites for hydroxylation is 1. The number of nitrogens with zero attached hydrogens (tertiary/aromatic N) is 3. The summed E-state index contributed by atoms with van der Waals surface area (Å²) in [6.45, 7) is 1.78. The van der Waals surface area contributed by atoms with E-state index in [1.165, 1.54) is 38.2 Å². The zero-order chi connectivity index (χ0) is 21.2. The maximum Gasteiger partial charge on any atom is 0.126 e. The van der Waals surface area contributed by atoms with E-state index in [1.807, 2.05) is 24.4 Å². The zero-order valence-electron chi connectivity index (χ0n) is 17.6. The number of aromatic nitrogens is 3. The van der Waals surface area contributed by atoms with Crippen LogP contribution in [0.2, 0.25) is 0 Å². The second kappa shape index (κ2) is 8.42. The molecule has 1 aliphatic carbocycles. The summed E-state index contributed by atoms with van der Waals surface area (Å²) in [6, 6.07) is 13.9. The van der Waals surface area contributed by atoms with E-state index in [1.54, 1.807) is 25.4 Å². The van der Waals surface area contributed by atoms with Gasteiger partial charge in [0.15, 0.2) is 0 Å². The molecule has 0 saturated heterocycles. The lowest BCUT2D eigenvalue weighted by Gasteiger charge is -2.24. The number of rotatable bonds is 4. The smallest absolute Gasteiger partial charge is 0.126 e. The molecular formula is C26H25FN4. The molecule has 5 heteroatoms. The largest absolute Gasteiger partial charge is 0.381 e. The van der Waals surface area contributed by atoms with Gasteiger partial charge in [0.2, 0.25) is 0 Å². The van der Waals surface area contributed by atoms with Gasteiger partial charge in [0.25, 0.3) is 0 Å². The van der Waals surface area contributed by atoms with Crippen molar-refractivity contribution in [2.45, 2.75) is 45.1 Å². The van der Waals surface area contributed by atoms with Gasteiger partial charge in [-0.25, -0.2) is 4.39 Å². The van der Waals surface area contributed by atoms with Crippen molar-refractivity contribution in [3.63, 3.8) is 0 Å². The Morgan fingerprint density at radius 1 is 0.839 bits per heavy atom. The number of hydrogen-bond donors (Lipinski definition) is 1. The minimum Gasteiger partial charge on any atom is -0.381 e. The van der Waals surface area contributed by atoms with Gasteiger partial charge in [-0.2, -0.15) is 0 Å². The molecule has 0 bridgehead atoms. The minimum atomic E-state index is -0.207. The van der Waals surface area contributed by atoms with Crippen LogP contribution in [-0.2, 0) is 0 Å². The molecule has 0 aliphatic heterocycles. The fraction of sp³-hybridized carbons (Fsp3) is 0.269. The zero-order valence-corrected chi connectivity index (χ0v) is 17.6. The van der Waals surface area contributed by atoms with Crippen LogP contribution in [0.3, 0.4) is 0 Å². The molecule has 0 unspecified atom stereocenters. The van der Waals surface area contributed by atoms with E-state index in [-0.39, 0.29) is 5.82 Å². The Morgan fingerprint density at radius 3 is 2.42 bits per heavy atom. The first-order valence-electron chi connectivity index (χ1n) is 10.9. The van der Waals surface area contributed by atoms with Gasteiger partial charge in [-0.15, -0.1) is 0 Å². The summed E-state index contributed by atoms with van der Waals surface area (Å²) in [6.07, 6.45) is 11.6. The molecule has 31 heavy (non-hydrogen) atoms. The number of fused-ring (bicyclic) bond motifs is 1. The van der Waals surface area contributed by atoms with Crippen molar-refractivity contribution < 1.29 is 4.39 Å². The monoisotopic (exact) mass is 412 g/mol. The van der Waals surface area contributed by atoms with Crippen LogP contribution < -0.4 is 5.32 Å². The van der Waals surface area contributed by atoms with Crippen molar-refractivity contribution in [2.75, 3.05) is 5.32 Å². The molecular weight excluding hydrogens is 387 g/mol. The number of nitrogens with one attached hydrogen (secondary N) is 1. The Morgan fingerprint density at radius 2 is 1.61 bits per heavy atom. The van der Waals surface area contributed by atoms with Gasteiger partial charge >= 0.3 is 0 Å². The Hall–Kier alpha value is -3.34. The molecule has 2 heterocycles. The van der Waals surface area contributed by atoms with Crippen LogP contribution in [0, 0.1) is 12.7 Å². The van der Waals surface area contributed by atoms with Crippen molar-refractivity contribution in [3.8, 4) is 22.4 Å². The third-order valence-corrected chi connectivity index (χ3v) is 6.08. The van der Waals surface area contributed by atoms with Crippen LogP contribution in [0.1, 0.15) is 37.7 Å². The quantitative estimate of drug-likeness (QED) is 0.413. The standard InChI is InChI=1S/C26H25FN4/c1-17-13-19(7-9-23(17)27)26-22(18-8-10-24-25(14-18)29-12-11-28-24)15-21(16-30-26)31-20-5-3-2-4-6-20/h7-16,20,31H,2-6H2,1H3. The second-order valence-corrected chi connectivity index (χ2v) is 8.32. The predicted molar refractivity (Wildman–Crippen MR) is 123 cm³/mol. The molecule has 1 fully saturated rings. The molecule has 1 N–H and O–H groups in total. The second-order valence-electron chi connectivity index (χ2n) is 8.32. The van der Waals surface area contributed by atoms with Crippen molar-refractivity contribution >= 4 is 16.7 Å². The first kappa shape index (κ1) is 19.6. The predicted octanol–water partition coefficient (Wildman–Crippen LogP) is 6.55. The number of hydrogen-bond acceptors (Lipinski definition) is 4. The highest BCUT2D eigenvalue weighted by Crippen LogP contribution is 2.35. The number of benzene rings is 2. The number of pyridine rings is 1. The van der Waals surface area contributed by atoms with E-state index in [0.717, 1.165) is 39.1 Å². The molecule has 4 nitrogen and oxygen atoms in total. The molecule has 2 aromatic carbocycles. The highest BCUT2D eigenvalue weighted by Gasteiger charge is 2.16. The molecule has 4 aromatic rings. The minimum absolute atomic E-state index is 0.207. The third-order valence-electron chi connectivity index (χ3n) is 6.08. The fourth-order valence-electron chi connectivity index (χ4n) is 4.40. The molecule has 1 saturated carbocycles. The summed E-state index contributed by atoms with van der Waals surface area (Å²) in [5.74, 6) is -0.207. The van der Waals surface area contributed by atoms with Gasteiger partial charge in [0.05, 0.1) is 28.6 Å². The van der Waals surface area contributed by atoms with Crippen LogP contribution in [0.15, 0.2) is 61.1 Å². The molecule has 0 radical (unpaired) electrons. The molecule has 1 aliphatic rings. The SMILES string of the molecule is Cc1cc(-c2ncc(NC3CCCCC3)cc2-c2ccc3nccnc3c2)ccc1F. The number of anilines is 1. The average Bonchev–Trinajstić information content (AvgIpc) is 2.81. The van der Waals surface area contributed by atoms with Crippen molar-refractivity contribution in [1.29, 1.82) is 0 Å². The lowest BCUT2D eigenvalue weighted by atomic mass is 9.94. The van der Waals surface area contributed by atoms with Crippen LogP contribution in [0.25, 0.3) is 33.4 Å². The van der Waals surface area contributed by atoms with Crippen LogP contribution in [0.4, 0.5) is 10.1 Å². The molecule has 156 valence electrons. The lowest BCUT2D eigenvalue weighted by Crippen LogP contribution is -2.22. The number of halogens is 1. The van der Waals surface area contributed by atoms with E-state index in [4.69, 9.17) is 4.98 Å². The van der Waals surface area contributed by atoms with Gasteiger partial charge in [0, 0.05) is 29.6 Å². The summed E-state index contributed by atoms with van der Waals surface area (Å²) >= 11 is 0. The Kier molecular flexibility index (Phi) is 5.33. The summed E-state index contributed by atoms with van der Waals surface area (Å²) in [7, 11) is 0. The first-order chi connectivity index (χ1) is 15.2. The topological polar surface area (TPSA) is 50.7 Å². The van der Waals surface area contributed by atoms with Gasteiger partial charge in [-0.3, -0.25) is 15.0 Å². The van der Waals surface area contributed by atoms with Crippen molar-refractivity contribution in [2.24, 2.45) is 0 Å². The fourth-order valence-corrected chi connectivity index (χ4v) is 4.40. The van der Waals surface area contributed by atoms with Crippen LogP contribution in [0.5, 0.6) is 0 Å². The maximum atomic E-state index is 13.9. The molecule has 0 atom stereocenters. The van der Waals surface area contributed by atoms with Crippen molar-refractivity contribution in [1.82, 2.24) is 15.0 Å². The van der Waals surface area contributed by atoms with E-state index in [2.05, 4.69) is 27.4 Å². The Bertz CT molecular complexity index is 1230. The van der Waals surface area contributed by atoms with Gasteiger partial charge in [-0.05, 0) is 67.3 Å². The normalized spacial score (nSPS) is 14.6. The van der Waals surface area contributed by atoms with E-state index in [0.29, 0.717) is 11.6 Å². The van der Waals surface area contributed by atoms with Crippen molar-refractivity contribution in [3.05, 3.63) is 72.4 Å². The van der Waals surface area contributed by atoms with Gasteiger partial charge in [0.1, 0.15) is 5.82 Å². The molecule has 5 rings (SSSR count). The van der Waals surface area contributed by atoms with Gasteiger partial charge in [-0.1, -0.05) is 25.3 Å². The summed E-state index contributed by atoms with van der Waals surface area (Å²) < 4.78 is 13.9. The first-order valence-corrected chi connectivity index (χ1v) is 10.9. The highest BCUT2D eigenvalue weighted by molar-refractivity contribution is 5.88. The highest BCUT2D eigenvalue weighted by atomic mass is 19.1. The van der Waals surface area contributed by atoms with Gasteiger partial charge < -0.3 is 5.32 Å². The summed E-state index contributed by atoms with van der Waals surface area (Å²) in [5, 5.41) is 3.68. The molecule has 0 spiro atoms. The average molecular weight is 413 g/mol. The Balaban J connectivity index is 1.61. The lowest BCUT2D eigenvalue weighted by molar-refractivity contribution is 0.462. The molecule has 0 amide bonds. The van der Waals surface area contributed by atoms with E-state index in [9.17, 15) is 4.39 Å². The van der Waals surface area contributed by atoms with E-state index < -0.39 is 0 Å². The van der Waals surface area contributed by atoms with Crippen LogP contribution in [-0.4, -0.2) is 21.0 Å². The van der Waals surface area contributed by atoms with Crippen LogP contribution >= 0.6 is 0 Å². The summed E-state index contributed by atoms with van der Waals surface area (Å²) in [5.41, 5.74) is 7.08. The summed E-state index contributed by atoms with van der Waals surface area (Å²) in [4.78, 5) is 13.7. The third kappa shape index (κ3) is 4.13. The van der Waals surface area contributed by atoms with E-state index >= 15 is 0 Å². The molecule has 2 aromatic heterocycles.